The number of carbonyl (C=O) groups is 1. The van der Waals surface area contributed by atoms with E-state index in [4.69, 9.17) is 10.5 Å². The molecule has 0 aliphatic carbocycles. The number of hydrogen-bond donors (Lipinski definition) is 1. The standard InChI is InChI=1S/C25H31N5O2/c1-25(2,3)19-9-5-7-11-21(19)32-17-23(31)30-14-12-29(13-15-30)16-22-27-20-10-6-4-8-18(20)24(26)28-22/h4-11H,12-17H2,1-3H3,(H2,26,27,28). The van der Waals surface area contributed by atoms with Gasteiger partial charge in [0.05, 0.1) is 12.1 Å². The topological polar surface area (TPSA) is 84.6 Å². The fourth-order valence-electron chi connectivity index (χ4n) is 4.02. The highest BCUT2D eigenvalue weighted by Crippen LogP contribution is 2.31. The van der Waals surface area contributed by atoms with Crippen molar-refractivity contribution in [3.05, 3.63) is 59.9 Å². The molecule has 1 fully saturated rings. The van der Waals surface area contributed by atoms with E-state index < -0.39 is 0 Å². The molecule has 4 rings (SSSR count). The van der Waals surface area contributed by atoms with Crippen LogP contribution in [0.3, 0.4) is 0 Å². The molecular weight excluding hydrogens is 402 g/mol. The third-order valence-corrected chi connectivity index (χ3v) is 5.82. The second kappa shape index (κ2) is 9.12. The van der Waals surface area contributed by atoms with E-state index in [0.29, 0.717) is 31.3 Å². The van der Waals surface area contributed by atoms with E-state index in [9.17, 15) is 4.79 Å². The number of anilines is 1. The number of piperazine rings is 1. The van der Waals surface area contributed by atoms with Crippen molar-refractivity contribution in [2.45, 2.75) is 32.7 Å². The summed E-state index contributed by atoms with van der Waals surface area (Å²) in [4.78, 5) is 26.0. The summed E-state index contributed by atoms with van der Waals surface area (Å²) in [6.45, 7) is 9.94. The van der Waals surface area contributed by atoms with Crippen molar-refractivity contribution in [2.24, 2.45) is 0 Å². The Morgan fingerprint density at radius 1 is 1.00 bits per heavy atom. The van der Waals surface area contributed by atoms with E-state index in [2.05, 4.69) is 41.7 Å². The number of carbonyl (C=O) groups excluding carboxylic acids is 1. The van der Waals surface area contributed by atoms with Gasteiger partial charge >= 0.3 is 0 Å². The van der Waals surface area contributed by atoms with Crippen molar-refractivity contribution in [2.75, 3.05) is 38.5 Å². The number of nitrogen functional groups attached to an aromatic ring is 1. The largest absolute Gasteiger partial charge is 0.483 e. The first-order valence-electron chi connectivity index (χ1n) is 11.0. The predicted octanol–water partition coefficient (Wildman–Crippen LogP) is 3.23. The lowest BCUT2D eigenvalue weighted by atomic mass is 9.86. The first-order valence-corrected chi connectivity index (χ1v) is 11.0. The summed E-state index contributed by atoms with van der Waals surface area (Å²) in [5, 5.41) is 0.875. The first kappa shape index (κ1) is 22.0. The second-order valence-electron chi connectivity index (χ2n) is 9.23. The molecule has 1 amide bonds. The van der Waals surface area contributed by atoms with E-state index in [-0.39, 0.29) is 17.9 Å². The van der Waals surface area contributed by atoms with Crippen LogP contribution in [0.25, 0.3) is 10.9 Å². The minimum atomic E-state index is -0.0422. The lowest BCUT2D eigenvalue weighted by molar-refractivity contribution is -0.135. The third-order valence-electron chi connectivity index (χ3n) is 5.82. The lowest BCUT2D eigenvalue weighted by Crippen LogP contribution is -2.49. The van der Waals surface area contributed by atoms with Crippen LogP contribution in [0.5, 0.6) is 5.75 Å². The zero-order valence-electron chi connectivity index (χ0n) is 19.0. The second-order valence-corrected chi connectivity index (χ2v) is 9.23. The average Bonchev–Trinajstić information content (AvgIpc) is 2.77. The van der Waals surface area contributed by atoms with Crippen molar-refractivity contribution < 1.29 is 9.53 Å². The number of rotatable bonds is 5. The van der Waals surface area contributed by atoms with E-state index in [0.717, 1.165) is 35.3 Å². The molecule has 1 aliphatic rings. The SMILES string of the molecule is CC(C)(C)c1ccccc1OCC(=O)N1CCN(Cc2nc(N)c3ccccc3n2)CC1. The summed E-state index contributed by atoms with van der Waals surface area (Å²) >= 11 is 0. The van der Waals surface area contributed by atoms with Gasteiger partial charge in [-0.2, -0.15) is 0 Å². The summed E-state index contributed by atoms with van der Waals surface area (Å²) in [5.74, 6) is 2.01. The highest BCUT2D eigenvalue weighted by Gasteiger charge is 2.24. The number of benzene rings is 2. The van der Waals surface area contributed by atoms with Crippen molar-refractivity contribution in [1.29, 1.82) is 0 Å². The number of ether oxygens (including phenoxy) is 1. The summed E-state index contributed by atoms with van der Waals surface area (Å²) in [7, 11) is 0. The molecule has 7 heteroatoms. The molecule has 168 valence electrons. The molecule has 0 atom stereocenters. The van der Waals surface area contributed by atoms with E-state index in [1.165, 1.54) is 0 Å². The monoisotopic (exact) mass is 433 g/mol. The maximum absolute atomic E-state index is 12.7. The molecule has 0 bridgehead atoms. The van der Waals surface area contributed by atoms with Crippen molar-refractivity contribution >= 4 is 22.6 Å². The summed E-state index contributed by atoms with van der Waals surface area (Å²) in [6.07, 6.45) is 0. The van der Waals surface area contributed by atoms with Crippen LogP contribution in [-0.4, -0.2) is 58.5 Å². The molecule has 1 aliphatic heterocycles. The van der Waals surface area contributed by atoms with Gasteiger partial charge in [0.25, 0.3) is 5.91 Å². The fraction of sp³-hybridized carbons (Fsp3) is 0.400. The van der Waals surface area contributed by atoms with E-state index in [1.807, 2.05) is 47.4 Å². The zero-order valence-corrected chi connectivity index (χ0v) is 19.0. The number of fused-ring (bicyclic) bond motifs is 1. The molecular formula is C25H31N5O2. The molecule has 2 heterocycles. The third kappa shape index (κ3) is 4.99. The molecule has 2 N–H and O–H groups in total. The molecule has 7 nitrogen and oxygen atoms in total. The van der Waals surface area contributed by atoms with E-state index >= 15 is 0 Å². The van der Waals surface area contributed by atoms with Gasteiger partial charge in [-0.05, 0) is 29.2 Å². The Morgan fingerprint density at radius 2 is 1.69 bits per heavy atom. The van der Waals surface area contributed by atoms with Crippen molar-refractivity contribution in [3.8, 4) is 5.75 Å². The number of hydrogen-bond acceptors (Lipinski definition) is 6. The quantitative estimate of drug-likeness (QED) is 0.665. The molecule has 32 heavy (non-hydrogen) atoms. The Morgan fingerprint density at radius 3 is 2.44 bits per heavy atom. The minimum absolute atomic E-state index is 0.0135. The first-order chi connectivity index (χ1) is 15.3. The Labute approximate surface area is 189 Å². The summed E-state index contributed by atoms with van der Waals surface area (Å²) in [5.41, 5.74) is 8.03. The fourth-order valence-corrected chi connectivity index (χ4v) is 4.02. The summed E-state index contributed by atoms with van der Waals surface area (Å²) in [6, 6.07) is 15.7. The van der Waals surface area contributed by atoms with Gasteiger partial charge in [-0.25, -0.2) is 9.97 Å². The number of para-hydroxylation sites is 2. The van der Waals surface area contributed by atoms with Crippen LogP contribution in [0.4, 0.5) is 5.82 Å². The smallest absolute Gasteiger partial charge is 0.260 e. The molecule has 0 saturated carbocycles. The van der Waals surface area contributed by atoms with Gasteiger partial charge in [0, 0.05) is 31.6 Å². The summed E-state index contributed by atoms with van der Waals surface area (Å²) < 4.78 is 5.92. The molecule has 1 saturated heterocycles. The van der Waals surface area contributed by atoms with Crippen LogP contribution >= 0.6 is 0 Å². The van der Waals surface area contributed by atoms with Crippen LogP contribution in [0, 0.1) is 0 Å². The van der Waals surface area contributed by atoms with Gasteiger partial charge in [-0.3, -0.25) is 9.69 Å². The molecule has 0 unspecified atom stereocenters. The zero-order chi connectivity index (χ0) is 22.7. The van der Waals surface area contributed by atoms with Gasteiger partial charge in [0.15, 0.2) is 6.61 Å². The van der Waals surface area contributed by atoms with Gasteiger partial charge in [-0.15, -0.1) is 0 Å². The molecule has 0 radical (unpaired) electrons. The van der Waals surface area contributed by atoms with Crippen LogP contribution in [-0.2, 0) is 16.8 Å². The highest BCUT2D eigenvalue weighted by atomic mass is 16.5. The van der Waals surface area contributed by atoms with Gasteiger partial charge < -0.3 is 15.4 Å². The normalized spacial score (nSPS) is 15.2. The lowest BCUT2D eigenvalue weighted by Gasteiger charge is -2.34. The van der Waals surface area contributed by atoms with Crippen molar-refractivity contribution in [1.82, 2.24) is 19.8 Å². The number of nitrogens with two attached hydrogens (primary N) is 1. The van der Waals surface area contributed by atoms with Gasteiger partial charge in [0.2, 0.25) is 0 Å². The average molecular weight is 434 g/mol. The molecule has 1 aromatic heterocycles. The number of nitrogens with zero attached hydrogens (tertiary/aromatic N) is 4. The Balaban J connectivity index is 1.31. The predicted molar refractivity (Wildman–Crippen MR) is 126 cm³/mol. The van der Waals surface area contributed by atoms with Crippen LogP contribution < -0.4 is 10.5 Å². The number of amides is 1. The van der Waals surface area contributed by atoms with Crippen molar-refractivity contribution in [3.63, 3.8) is 0 Å². The van der Waals surface area contributed by atoms with Crippen LogP contribution in [0.1, 0.15) is 32.2 Å². The Hall–Kier alpha value is -3.19. The molecule has 3 aromatic rings. The Kier molecular flexibility index (Phi) is 6.28. The molecule has 2 aromatic carbocycles. The Bertz CT molecular complexity index is 1100. The van der Waals surface area contributed by atoms with Crippen LogP contribution in [0.15, 0.2) is 48.5 Å². The van der Waals surface area contributed by atoms with E-state index in [1.54, 1.807) is 0 Å². The van der Waals surface area contributed by atoms with Gasteiger partial charge in [0.1, 0.15) is 17.4 Å². The van der Waals surface area contributed by atoms with Gasteiger partial charge in [-0.1, -0.05) is 51.1 Å². The molecule has 0 spiro atoms. The van der Waals surface area contributed by atoms with Crippen LogP contribution in [0.2, 0.25) is 0 Å². The minimum Gasteiger partial charge on any atom is -0.483 e. The number of aromatic nitrogens is 2. The highest BCUT2D eigenvalue weighted by molar-refractivity contribution is 5.87. The maximum Gasteiger partial charge on any atom is 0.260 e. The maximum atomic E-state index is 12.7.